The van der Waals surface area contributed by atoms with E-state index < -0.39 is 0 Å². The topological polar surface area (TPSA) is 37.3 Å². The second-order valence-corrected chi connectivity index (χ2v) is 8.82. The van der Waals surface area contributed by atoms with E-state index in [0.717, 1.165) is 32.1 Å². The van der Waals surface area contributed by atoms with Gasteiger partial charge in [-0.2, -0.15) is 0 Å². The molecule has 0 spiro atoms. The summed E-state index contributed by atoms with van der Waals surface area (Å²) in [4.78, 5) is 12.8. The van der Waals surface area contributed by atoms with Crippen LogP contribution < -0.4 is 0 Å². The molecule has 2 saturated carbocycles. The molecule has 26 heavy (non-hydrogen) atoms. The number of fused-ring (bicyclic) bond motifs is 5. The molecule has 3 aliphatic carbocycles. The molecule has 5 rings (SSSR count). The van der Waals surface area contributed by atoms with Crippen molar-refractivity contribution in [2.24, 2.45) is 17.3 Å². The molecule has 0 saturated heterocycles. The molecule has 0 heterocycles. The van der Waals surface area contributed by atoms with Gasteiger partial charge in [-0.15, -0.1) is 0 Å². The number of aromatic hydroxyl groups is 1. The Morgan fingerprint density at radius 1 is 1.04 bits per heavy atom. The highest BCUT2D eigenvalue weighted by Crippen LogP contribution is 2.63. The van der Waals surface area contributed by atoms with E-state index in [1.807, 2.05) is 12.1 Å². The van der Waals surface area contributed by atoms with Crippen LogP contribution in [0.4, 0.5) is 0 Å². The molecule has 5 atom stereocenters. The zero-order chi connectivity index (χ0) is 17.9. The van der Waals surface area contributed by atoms with Crippen molar-refractivity contribution in [1.82, 2.24) is 0 Å². The van der Waals surface area contributed by atoms with Gasteiger partial charge in [0.2, 0.25) is 0 Å². The number of carbonyl (C=O) groups excluding carboxylic acids is 1. The van der Waals surface area contributed by atoms with Crippen LogP contribution in [0.3, 0.4) is 0 Å². The molecule has 0 unspecified atom stereocenters. The Kier molecular flexibility index (Phi) is 3.53. The standard InChI is InChI=1S/C24H26O2/c1-24-14-20(15-5-3-2-4-6-15)23-18-10-8-17(25)13-16(18)7-9-19(23)21(24)11-12-22(24)26/h2-6,8,10,13,19-21,23,25H,7,9,11-12,14H2,1H3/t19-,20+,21-,23+,24-/m0/s1. The highest BCUT2D eigenvalue weighted by Gasteiger charge is 2.57. The monoisotopic (exact) mass is 346 g/mol. The lowest BCUT2D eigenvalue weighted by Gasteiger charge is -2.52. The lowest BCUT2D eigenvalue weighted by molar-refractivity contribution is -0.130. The molecule has 134 valence electrons. The zero-order valence-electron chi connectivity index (χ0n) is 15.3. The first-order chi connectivity index (χ1) is 12.6. The highest BCUT2D eigenvalue weighted by molar-refractivity contribution is 5.87. The molecular weight excluding hydrogens is 320 g/mol. The van der Waals surface area contributed by atoms with Gasteiger partial charge in [0.1, 0.15) is 11.5 Å². The Morgan fingerprint density at radius 2 is 1.85 bits per heavy atom. The van der Waals surface area contributed by atoms with Crippen molar-refractivity contribution < 1.29 is 9.90 Å². The van der Waals surface area contributed by atoms with E-state index in [0.29, 0.717) is 35.2 Å². The molecule has 2 heteroatoms. The number of hydrogen-bond donors (Lipinski definition) is 1. The van der Waals surface area contributed by atoms with Crippen molar-refractivity contribution in [2.45, 2.75) is 50.9 Å². The lowest BCUT2D eigenvalue weighted by atomic mass is 9.51. The van der Waals surface area contributed by atoms with Gasteiger partial charge in [-0.25, -0.2) is 0 Å². The number of rotatable bonds is 1. The lowest BCUT2D eigenvalue weighted by Crippen LogP contribution is -2.45. The summed E-state index contributed by atoms with van der Waals surface area (Å²) in [7, 11) is 0. The Hall–Kier alpha value is -2.09. The number of phenols is 1. The molecule has 1 N–H and O–H groups in total. The predicted molar refractivity (Wildman–Crippen MR) is 102 cm³/mol. The first kappa shape index (κ1) is 16.1. The van der Waals surface area contributed by atoms with Crippen molar-refractivity contribution in [1.29, 1.82) is 0 Å². The summed E-state index contributed by atoms with van der Waals surface area (Å²) in [6.45, 7) is 2.24. The number of ketones is 1. The van der Waals surface area contributed by atoms with Gasteiger partial charge in [0.25, 0.3) is 0 Å². The number of Topliss-reactive ketones (excluding diaryl/α,β-unsaturated/α-hetero) is 1. The van der Waals surface area contributed by atoms with Crippen LogP contribution in [0.2, 0.25) is 0 Å². The number of benzene rings is 2. The minimum atomic E-state index is -0.157. The van der Waals surface area contributed by atoms with Crippen LogP contribution in [-0.2, 0) is 11.2 Å². The Bertz CT molecular complexity index is 856. The maximum absolute atomic E-state index is 12.8. The van der Waals surface area contributed by atoms with Crippen LogP contribution in [0.5, 0.6) is 5.75 Å². The van der Waals surface area contributed by atoms with Crippen molar-refractivity contribution in [3.05, 3.63) is 65.2 Å². The van der Waals surface area contributed by atoms with Crippen LogP contribution in [0.1, 0.15) is 61.1 Å². The molecule has 0 amide bonds. The van der Waals surface area contributed by atoms with Crippen LogP contribution >= 0.6 is 0 Å². The van der Waals surface area contributed by atoms with Gasteiger partial charge in [-0.05, 0) is 78.2 Å². The molecule has 2 fully saturated rings. The molecule has 0 bridgehead atoms. The minimum Gasteiger partial charge on any atom is -0.508 e. The number of carbonyl (C=O) groups is 1. The summed E-state index contributed by atoms with van der Waals surface area (Å²) < 4.78 is 0. The van der Waals surface area contributed by atoms with E-state index in [4.69, 9.17) is 0 Å². The summed E-state index contributed by atoms with van der Waals surface area (Å²) in [6.07, 6.45) is 4.94. The Labute approximate surface area is 155 Å². The van der Waals surface area contributed by atoms with E-state index in [-0.39, 0.29) is 5.41 Å². The summed E-state index contributed by atoms with van der Waals surface area (Å²) in [5.74, 6) is 2.79. The van der Waals surface area contributed by atoms with Gasteiger partial charge >= 0.3 is 0 Å². The molecule has 2 nitrogen and oxygen atoms in total. The molecule has 0 radical (unpaired) electrons. The maximum atomic E-state index is 12.8. The molecule has 3 aliphatic rings. The van der Waals surface area contributed by atoms with Gasteiger partial charge in [-0.3, -0.25) is 4.79 Å². The highest BCUT2D eigenvalue weighted by atomic mass is 16.3. The van der Waals surface area contributed by atoms with Crippen LogP contribution in [-0.4, -0.2) is 10.9 Å². The second-order valence-electron chi connectivity index (χ2n) is 8.82. The predicted octanol–water partition coefficient (Wildman–Crippen LogP) is 5.21. The average Bonchev–Trinajstić information content (AvgIpc) is 2.96. The summed E-state index contributed by atoms with van der Waals surface area (Å²) in [5, 5.41) is 9.95. The first-order valence-corrected chi connectivity index (χ1v) is 9.98. The third-order valence-electron chi connectivity index (χ3n) is 7.65. The normalized spacial score (nSPS) is 35.5. The number of hydrogen-bond acceptors (Lipinski definition) is 2. The van der Waals surface area contributed by atoms with Crippen molar-refractivity contribution in [2.75, 3.05) is 0 Å². The van der Waals surface area contributed by atoms with Crippen LogP contribution in [0.25, 0.3) is 0 Å². The van der Waals surface area contributed by atoms with Crippen molar-refractivity contribution in [3.63, 3.8) is 0 Å². The molecule has 0 aromatic heterocycles. The maximum Gasteiger partial charge on any atom is 0.139 e. The largest absolute Gasteiger partial charge is 0.508 e. The SMILES string of the molecule is C[C@]12C[C@H](c3ccccc3)[C@@H]3c4ccc(O)cc4CC[C@H]3[C@@H]1CCC2=O. The average molecular weight is 346 g/mol. The van der Waals surface area contributed by atoms with Gasteiger partial charge < -0.3 is 5.11 Å². The zero-order valence-corrected chi connectivity index (χ0v) is 15.3. The van der Waals surface area contributed by atoms with E-state index in [1.54, 1.807) is 0 Å². The molecule has 2 aromatic carbocycles. The smallest absolute Gasteiger partial charge is 0.139 e. The number of aryl methyl sites for hydroxylation is 1. The van der Waals surface area contributed by atoms with E-state index in [2.05, 4.69) is 43.3 Å². The second kappa shape index (κ2) is 5.70. The molecule has 0 aliphatic heterocycles. The molecule has 2 aromatic rings. The first-order valence-electron chi connectivity index (χ1n) is 9.98. The van der Waals surface area contributed by atoms with Gasteiger partial charge in [0.15, 0.2) is 0 Å². The van der Waals surface area contributed by atoms with Crippen LogP contribution in [0.15, 0.2) is 48.5 Å². The van der Waals surface area contributed by atoms with Crippen LogP contribution in [0, 0.1) is 17.3 Å². The van der Waals surface area contributed by atoms with E-state index in [9.17, 15) is 9.90 Å². The van der Waals surface area contributed by atoms with Gasteiger partial charge in [0, 0.05) is 11.8 Å². The molecular formula is C24H26O2. The minimum absolute atomic E-state index is 0.157. The summed E-state index contributed by atoms with van der Waals surface area (Å²) >= 11 is 0. The third kappa shape index (κ3) is 2.21. The fourth-order valence-electron chi connectivity index (χ4n) is 6.49. The van der Waals surface area contributed by atoms with Gasteiger partial charge in [0.05, 0.1) is 0 Å². The van der Waals surface area contributed by atoms with E-state index in [1.165, 1.54) is 16.7 Å². The quantitative estimate of drug-likeness (QED) is 0.769. The Balaban J connectivity index is 1.67. The van der Waals surface area contributed by atoms with Crippen molar-refractivity contribution in [3.8, 4) is 5.75 Å². The van der Waals surface area contributed by atoms with E-state index >= 15 is 0 Å². The number of phenolic OH excluding ortho intramolecular Hbond substituents is 1. The fraction of sp³-hybridized carbons (Fsp3) is 0.458. The summed E-state index contributed by atoms with van der Waals surface area (Å²) in [5.41, 5.74) is 3.92. The Morgan fingerprint density at radius 3 is 2.65 bits per heavy atom. The fourth-order valence-corrected chi connectivity index (χ4v) is 6.49. The van der Waals surface area contributed by atoms with Crippen molar-refractivity contribution >= 4 is 5.78 Å². The third-order valence-corrected chi connectivity index (χ3v) is 7.65. The van der Waals surface area contributed by atoms with Gasteiger partial charge in [-0.1, -0.05) is 43.3 Å². The summed E-state index contributed by atoms with van der Waals surface area (Å²) in [6, 6.07) is 16.7.